The van der Waals surface area contributed by atoms with Gasteiger partial charge in [0.1, 0.15) is 0 Å². The fourth-order valence-corrected chi connectivity index (χ4v) is 3.32. The predicted octanol–water partition coefficient (Wildman–Crippen LogP) is 3.52. The number of nitrogens with zero attached hydrogens (tertiary/aromatic N) is 1. The minimum atomic E-state index is 0.148. The second-order valence-electron chi connectivity index (χ2n) is 6.61. The molecule has 1 saturated carbocycles. The van der Waals surface area contributed by atoms with Crippen LogP contribution in [0.15, 0.2) is 6.07 Å². The standard InChI is InChI=1S/C17H29N3O/c1-13(11-16-12-14(2)19-20-16)18-17(21)10-6-9-15-7-4-3-5-8-15/h12-13,15H,3-11H2,1-2H3,(H,18,21)(H,19,20)/t13-/m0/s1. The second-order valence-corrected chi connectivity index (χ2v) is 6.61. The van der Waals surface area contributed by atoms with Crippen LogP contribution in [0.4, 0.5) is 0 Å². The number of hydrogen-bond donors (Lipinski definition) is 2. The molecule has 0 radical (unpaired) electrons. The molecule has 2 N–H and O–H groups in total. The molecule has 1 atom stereocenters. The lowest BCUT2D eigenvalue weighted by atomic mass is 9.86. The van der Waals surface area contributed by atoms with Gasteiger partial charge < -0.3 is 5.32 Å². The number of amides is 1. The van der Waals surface area contributed by atoms with Gasteiger partial charge in [-0.15, -0.1) is 0 Å². The fraction of sp³-hybridized carbons (Fsp3) is 0.765. The summed E-state index contributed by atoms with van der Waals surface area (Å²) in [7, 11) is 0. The first kappa shape index (κ1) is 16.1. The molecule has 0 spiro atoms. The lowest BCUT2D eigenvalue weighted by molar-refractivity contribution is -0.121. The van der Waals surface area contributed by atoms with Crippen LogP contribution in [-0.2, 0) is 11.2 Å². The van der Waals surface area contributed by atoms with E-state index < -0.39 is 0 Å². The monoisotopic (exact) mass is 291 g/mol. The van der Waals surface area contributed by atoms with E-state index in [2.05, 4.69) is 15.5 Å². The molecule has 0 unspecified atom stereocenters. The Bertz CT molecular complexity index is 435. The maximum atomic E-state index is 12.0. The molecule has 1 aromatic heterocycles. The number of aromatic amines is 1. The average molecular weight is 291 g/mol. The maximum absolute atomic E-state index is 12.0. The molecule has 1 aliphatic carbocycles. The molecule has 4 nitrogen and oxygen atoms in total. The highest BCUT2D eigenvalue weighted by Crippen LogP contribution is 2.27. The van der Waals surface area contributed by atoms with Crippen molar-refractivity contribution in [1.82, 2.24) is 15.5 Å². The smallest absolute Gasteiger partial charge is 0.220 e. The summed E-state index contributed by atoms with van der Waals surface area (Å²) in [5.74, 6) is 1.06. The number of rotatable bonds is 7. The Kier molecular flexibility index (Phi) is 6.27. The summed E-state index contributed by atoms with van der Waals surface area (Å²) in [6, 6.07) is 2.18. The van der Waals surface area contributed by atoms with E-state index in [-0.39, 0.29) is 11.9 Å². The molecular formula is C17H29N3O. The van der Waals surface area contributed by atoms with Crippen LogP contribution in [0.1, 0.15) is 69.7 Å². The van der Waals surface area contributed by atoms with Crippen molar-refractivity contribution in [3.63, 3.8) is 0 Å². The Morgan fingerprint density at radius 2 is 2.19 bits per heavy atom. The molecule has 2 rings (SSSR count). The number of carbonyl (C=O) groups is 1. The van der Waals surface area contributed by atoms with Gasteiger partial charge in [0.2, 0.25) is 5.91 Å². The number of nitrogens with one attached hydrogen (secondary N) is 2. The molecule has 118 valence electrons. The van der Waals surface area contributed by atoms with Gasteiger partial charge in [0.05, 0.1) is 5.69 Å². The largest absolute Gasteiger partial charge is 0.353 e. The summed E-state index contributed by atoms with van der Waals surface area (Å²) in [4.78, 5) is 12.0. The van der Waals surface area contributed by atoms with Crippen LogP contribution in [0.2, 0.25) is 0 Å². The Balaban J connectivity index is 1.59. The molecule has 1 amide bonds. The molecule has 0 aromatic carbocycles. The van der Waals surface area contributed by atoms with Crippen molar-refractivity contribution in [1.29, 1.82) is 0 Å². The third-order valence-corrected chi connectivity index (χ3v) is 4.42. The first-order chi connectivity index (χ1) is 10.1. The van der Waals surface area contributed by atoms with Crippen LogP contribution in [0, 0.1) is 12.8 Å². The van der Waals surface area contributed by atoms with Crippen LogP contribution >= 0.6 is 0 Å². The van der Waals surface area contributed by atoms with Gasteiger partial charge in [-0.25, -0.2) is 0 Å². The molecule has 0 bridgehead atoms. The zero-order valence-electron chi connectivity index (χ0n) is 13.5. The zero-order chi connectivity index (χ0) is 15.1. The third-order valence-electron chi connectivity index (χ3n) is 4.42. The highest BCUT2D eigenvalue weighted by Gasteiger charge is 2.14. The Labute approximate surface area is 128 Å². The summed E-state index contributed by atoms with van der Waals surface area (Å²) >= 11 is 0. The van der Waals surface area contributed by atoms with Crippen molar-refractivity contribution in [2.24, 2.45) is 5.92 Å². The molecule has 1 fully saturated rings. The van der Waals surface area contributed by atoms with Gasteiger partial charge in [-0.05, 0) is 38.7 Å². The molecule has 1 heterocycles. The van der Waals surface area contributed by atoms with Gasteiger partial charge >= 0.3 is 0 Å². The van der Waals surface area contributed by atoms with Crippen LogP contribution in [0.3, 0.4) is 0 Å². The van der Waals surface area contributed by atoms with Gasteiger partial charge in [-0.3, -0.25) is 9.89 Å². The van der Waals surface area contributed by atoms with E-state index in [0.29, 0.717) is 6.42 Å². The molecular weight excluding hydrogens is 262 g/mol. The highest BCUT2D eigenvalue weighted by atomic mass is 16.1. The summed E-state index contributed by atoms with van der Waals surface area (Å²) in [5, 5.41) is 10.2. The van der Waals surface area contributed by atoms with Crippen molar-refractivity contribution in [2.45, 2.75) is 77.7 Å². The molecule has 4 heteroatoms. The lowest BCUT2D eigenvalue weighted by Crippen LogP contribution is -2.34. The van der Waals surface area contributed by atoms with E-state index >= 15 is 0 Å². The van der Waals surface area contributed by atoms with E-state index in [4.69, 9.17) is 0 Å². The van der Waals surface area contributed by atoms with Gasteiger partial charge in [-0.1, -0.05) is 32.1 Å². The number of aryl methyl sites for hydroxylation is 1. The van der Waals surface area contributed by atoms with E-state index in [9.17, 15) is 4.79 Å². The van der Waals surface area contributed by atoms with Gasteiger partial charge in [0, 0.05) is 24.6 Å². The van der Waals surface area contributed by atoms with Crippen LogP contribution < -0.4 is 5.32 Å². The van der Waals surface area contributed by atoms with Crippen LogP contribution in [-0.4, -0.2) is 22.1 Å². The summed E-state index contributed by atoms with van der Waals surface area (Å²) in [6.07, 6.45) is 10.6. The molecule has 21 heavy (non-hydrogen) atoms. The van der Waals surface area contributed by atoms with E-state index in [1.54, 1.807) is 0 Å². The molecule has 1 aromatic rings. The van der Waals surface area contributed by atoms with E-state index in [1.807, 2.05) is 19.9 Å². The maximum Gasteiger partial charge on any atom is 0.220 e. The summed E-state index contributed by atoms with van der Waals surface area (Å²) < 4.78 is 0. The summed E-state index contributed by atoms with van der Waals surface area (Å²) in [5.41, 5.74) is 2.08. The topological polar surface area (TPSA) is 57.8 Å². The zero-order valence-corrected chi connectivity index (χ0v) is 13.5. The number of H-pyrrole nitrogens is 1. The first-order valence-electron chi connectivity index (χ1n) is 8.43. The molecule has 0 saturated heterocycles. The molecule has 0 aliphatic heterocycles. The second kappa shape index (κ2) is 8.20. The Morgan fingerprint density at radius 3 is 2.86 bits per heavy atom. The highest BCUT2D eigenvalue weighted by molar-refractivity contribution is 5.76. The van der Waals surface area contributed by atoms with Crippen molar-refractivity contribution < 1.29 is 4.79 Å². The number of carbonyl (C=O) groups excluding carboxylic acids is 1. The van der Waals surface area contributed by atoms with Crippen molar-refractivity contribution in [3.05, 3.63) is 17.5 Å². The van der Waals surface area contributed by atoms with Crippen LogP contribution in [0.25, 0.3) is 0 Å². The minimum Gasteiger partial charge on any atom is -0.353 e. The van der Waals surface area contributed by atoms with Gasteiger partial charge in [-0.2, -0.15) is 5.10 Å². The van der Waals surface area contributed by atoms with E-state index in [0.717, 1.165) is 30.1 Å². The number of hydrogen-bond acceptors (Lipinski definition) is 2. The average Bonchev–Trinajstić information content (AvgIpc) is 2.85. The SMILES string of the molecule is Cc1cc(C[C@H](C)NC(=O)CCCC2CCCCC2)n[nH]1. The third kappa shape index (κ3) is 5.90. The Hall–Kier alpha value is -1.32. The number of aromatic nitrogens is 2. The first-order valence-corrected chi connectivity index (χ1v) is 8.43. The predicted molar refractivity (Wildman–Crippen MR) is 85.1 cm³/mol. The summed E-state index contributed by atoms with van der Waals surface area (Å²) in [6.45, 7) is 4.04. The fourth-order valence-electron chi connectivity index (χ4n) is 3.32. The van der Waals surface area contributed by atoms with E-state index in [1.165, 1.54) is 38.5 Å². The van der Waals surface area contributed by atoms with Crippen molar-refractivity contribution >= 4 is 5.91 Å². The molecule has 1 aliphatic rings. The van der Waals surface area contributed by atoms with Crippen molar-refractivity contribution in [3.8, 4) is 0 Å². The Morgan fingerprint density at radius 1 is 1.43 bits per heavy atom. The minimum absolute atomic E-state index is 0.148. The quantitative estimate of drug-likeness (QED) is 0.807. The van der Waals surface area contributed by atoms with Gasteiger partial charge in [0.25, 0.3) is 0 Å². The lowest BCUT2D eigenvalue weighted by Gasteiger charge is -2.21. The van der Waals surface area contributed by atoms with Crippen LogP contribution in [0.5, 0.6) is 0 Å². The normalized spacial score (nSPS) is 17.6. The van der Waals surface area contributed by atoms with Gasteiger partial charge in [0.15, 0.2) is 0 Å². The van der Waals surface area contributed by atoms with Crippen molar-refractivity contribution in [2.75, 3.05) is 0 Å².